The lowest BCUT2D eigenvalue weighted by Crippen LogP contribution is -2.34. The lowest BCUT2D eigenvalue weighted by molar-refractivity contribution is -0.0179. The van der Waals surface area contributed by atoms with Gasteiger partial charge in [0.1, 0.15) is 23.3 Å². The standard InChI is InChI=1S/C11H15N5O3S/c1-19-8-7(18)5(2-17)20-11(8)16-4-15-6-9(12)13-3-14-10(6)16/h3-5,7-8,11,17-18H,2H2,1H3,(H2,12,13,14)/t5-,7-,8-,11-/m1/s1. The van der Waals surface area contributed by atoms with Crippen LogP contribution in [0.2, 0.25) is 0 Å². The lowest BCUT2D eigenvalue weighted by atomic mass is 10.1. The van der Waals surface area contributed by atoms with Crippen LogP contribution in [-0.4, -0.2) is 60.9 Å². The van der Waals surface area contributed by atoms with Gasteiger partial charge in [0.25, 0.3) is 0 Å². The van der Waals surface area contributed by atoms with Crippen LogP contribution >= 0.6 is 11.8 Å². The van der Waals surface area contributed by atoms with Gasteiger partial charge in [0.2, 0.25) is 0 Å². The van der Waals surface area contributed by atoms with Crippen molar-refractivity contribution in [3.05, 3.63) is 12.7 Å². The van der Waals surface area contributed by atoms with Crippen molar-refractivity contribution < 1.29 is 14.9 Å². The number of nitrogens with zero attached hydrogens (tertiary/aromatic N) is 4. The molecule has 1 fully saturated rings. The molecule has 20 heavy (non-hydrogen) atoms. The average Bonchev–Trinajstić information content (AvgIpc) is 3.00. The summed E-state index contributed by atoms with van der Waals surface area (Å²) in [6, 6.07) is 0. The molecule has 0 unspecified atom stereocenters. The number of fused-ring (bicyclic) bond motifs is 1. The van der Waals surface area contributed by atoms with Gasteiger partial charge in [-0.2, -0.15) is 0 Å². The van der Waals surface area contributed by atoms with Gasteiger partial charge in [0, 0.05) is 7.11 Å². The smallest absolute Gasteiger partial charge is 0.166 e. The van der Waals surface area contributed by atoms with Crippen LogP contribution in [0.5, 0.6) is 0 Å². The highest BCUT2D eigenvalue weighted by molar-refractivity contribution is 8.00. The van der Waals surface area contributed by atoms with E-state index in [2.05, 4.69) is 15.0 Å². The fourth-order valence-electron chi connectivity index (χ4n) is 2.40. The Balaban J connectivity index is 2.04. The van der Waals surface area contributed by atoms with E-state index < -0.39 is 12.2 Å². The first-order valence-electron chi connectivity index (χ1n) is 6.07. The molecule has 0 aliphatic carbocycles. The maximum atomic E-state index is 10.1. The molecule has 0 radical (unpaired) electrons. The van der Waals surface area contributed by atoms with Crippen LogP contribution in [0.15, 0.2) is 12.7 Å². The molecular formula is C11H15N5O3S. The van der Waals surface area contributed by atoms with Crippen molar-refractivity contribution in [2.24, 2.45) is 0 Å². The van der Waals surface area contributed by atoms with Crippen molar-refractivity contribution in [1.82, 2.24) is 19.5 Å². The van der Waals surface area contributed by atoms with Crippen LogP contribution < -0.4 is 5.73 Å². The third-order valence-electron chi connectivity index (χ3n) is 3.43. The molecule has 4 N–H and O–H groups in total. The number of methoxy groups -OCH3 is 1. The zero-order valence-corrected chi connectivity index (χ0v) is 11.6. The van der Waals surface area contributed by atoms with E-state index in [4.69, 9.17) is 10.5 Å². The first kappa shape index (κ1) is 13.6. The zero-order valence-electron chi connectivity index (χ0n) is 10.7. The van der Waals surface area contributed by atoms with Crippen molar-refractivity contribution >= 4 is 28.7 Å². The highest BCUT2D eigenvalue weighted by Gasteiger charge is 2.44. The summed E-state index contributed by atoms with van der Waals surface area (Å²) < 4.78 is 7.16. The first-order valence-corrected chi connectivity index (χ1v) is 7.01. The first-order chi connectivity index (χ1) is 9.67. The Morgan fingerprint density at radius 3 is 2.95 bits per heavy atom. The average molecular weight is 297 g/mol. The number of imidazole rings is 1. The Morgan fingerprint density at radius 2 is 2.25 bits per heavy atom. The number of ether oxygens (including phenoxy) is 1. The van der Waals surface area contributed by atoms with Gasteiger partial charge in [0.05, 0.1) is 24.3 Å². The van der Waals surface area contributed by atoms with Gasteiger partial charge in [-0.25, -0.2) is 15.0 Å². The van der Waals surface area contributed by atoms with Crippen LogP contribution in [0.1, 0.15) is 5.37 Å². The molecule has 1 aliphatic heterocycles. The summed E-state index contributed by atoms with van der Waals surface area (Å²) in [7, 11) is 1.53. The predicted octanol–water partition coefficient (Wildman–Crippen LogP) is -0.609. The van der Waals surface area contributed by atoms with E-state index in [1.54, 1.807) is 10.9 Å². The molecule has 0 aromatic carbocycles. The molecule has 1 aliphatic rings. The van der Waals surface area contributed by atoms with Crippen LogP contribution in [0.3, 0.4) is 0 Å². The Morgan fingerprint density at radius 1 is 1.45 bits per heavy atom. The molecular weight excluding hydrogens is 282 g/mol. The Bertz CT molecular complexity index is 621. The highest BCUT2D eigenvalue weighted by Crippen LogP contribution is 2.44. The molecule has 3 heterocycles. The Labute approximate surface area is 119 Å². The monoisotopic (exact) mass is 297 g/mol. The number of rotatable bonds is 3. The van der Waals surface area contributed by atoms with Gasteiger partial charge in [-0.1, -0.05) is 0 Å². The number of hydrogen-bond acceptors (Lipinski definition) is 8. The zero-order chi connectivity index (χ0) is 14.3. The minimum Gasteiger partial charge on any atom is -0.395 e. The summed E-state index contributed by atoms with van der Waals surface area (Å²) in [6.45, 7) is -0.119. The van der Waals surface area contributed by atoms with Gasteiger partial charge in [-0.15, -0.1) is 11.8 Å². The van der Waals surface area contributed by atoms with Crippen molar-refractivity contribution in [2.45, 2.75) is 22.8 Å². The summed E-state index contributed by atoms with van der Waals surface area (Å²) in [6.07, 6.45) is 1.77. The summed E-state index contributed by atoms with van der Waals surface area (Å²) in [5.41, 5.74) is 6.87. The maximum absolute atomic E-state index is 10.1. The van der Waals surface area contributed by atoms with Gasteiger partial charge < -0.3 is 20.7 Å². The van der Waals surface area contributed by atoms with Crippen LogP contribution in [-0.2, 0) is 4.74 Å². The minimum atomic E-state index is -0.753. The largest absolute Gasteiger partial charge is 0.395 e. The number of hydrogen-bond donors (Lipinski definition) is 3. The molecule has 2 aromatic heterocycles. The number of anilines is 1. The number of thioether (sulfide) groups is 1. The predicted molar refractivity (Wildman–Crippen MR) is 74.0 cm³/mol. The topological polar surface area (TPSA) is 119 Å². The van der Waals surface area contributed by atoms with Crippen LogP contribution in [0.25, 0.3) is 11.2 Å². The summed E-state index contributed by atoms with van der Waals surface area (Å²) in [4.78, 5) is 12.3. The second-order valence-electron chi connectivity index (χ2n) is 4.52. The molecule has 1 saturated heterocycles. The fourth-order valence-corrected chi connectivity index (χ4v) is 3.88. The van der Waals surface area contributed by atoms with Crippen molar-refractivity contribution in [3.8, 4) is 0 Å². The molecule has 0 amide bonds. The maximum Gasteiger partial charge on any atom is 0.166 e. The molecule has 108 valence electrons. The second kappa shape index (κ2) is 5.17. The van der Waals surface area contributed by atoms with E-state index >= 15 is 0 Å². The highest BCUT2D eigenvalue weighted by atomic mass is 32.2. The molecule has 2 aromatic rings. The van der Waals surface area contributed by atoms with E-state index in [1.165, 1.54) is 25.2 Å². The summed E-state index contributed by atoms with van der Waals surface area (Å²) in [5, 5.41) is 18.9. The molecule has 3 rings (SSSR count). The van der Waals surface area contributed by atoms with E-state index in [0.29, 0.717) is 17.0 Å². The lowest BCUT2D eigenvalue weighted by Gasteiger charge is -2.20. The molecule has 4 atom stereocenters. The Hall–Kier alpha value is -1.42. The molecule has 0 spiro atoms. The minimum absolute atomic E-state index is 0.119. The van der Waals surface area contributed by atoms with Crippen molar-refractivity contribution in [3.63, 3.8) is 0 Å². The second-order valence-corrected chi connectivity index (χ2v) is 5.88. The van der Waals surface area contributed by atoms with E-state index in [-0.39, 0.29) is 17.2 Å². The summed E-state index contributed by atoms with van der Waals surface area (Å²) in [5.74, 6) is 0.310. The molecule has 8 nitrogen and oxygen atoms in total. The quantitative estimate of drug-likeness (QED) is 0.686. The van der Waals surface area contributed by atoms with Gasteiger partial charge >= 0.3 is 0 Å². The Kier molecular flexibility index (Phi) is 3.50. The third kappa shape index (κ3) is 1.94. The van der Waals surface area contributed by atoms with E-state index in [9.17, 15) is 10.2 Å². The number of nitrogens with two attached hydrogens (primary N) is 1. The van der Waals surface area contributed by atoms with Crippen molar-refractivity contribution in [2.75, 3.05) is 19.5 Å². The third-order valence-corrected chi connectivity index (χ3v) is 4.98. The van der Waals surface area contributed by atoms with E-state index in [1.807, 2.05) is 0 Å². The molecule has 9 heteroatoms. The molecule has 0 saturated carbocycles. The number of aliphatic hydroxyl groups excluding tert-OH is 2. The van der Waals surface area contributed by atoms with Gasteiger partial charge in [0.15, 0.2) is 11.5 Å². The van der Waals surface area contributed by atoms with Crippen LogP contribution in [0.4, 0.5) is 5.82 Å². The van der Waals surface area contributed by atoms with Crippen molar-refractivity contribution in [1.29, 1.82) is 0 Å². The van der Waals surface area contributed by atoms with Gasteiger partial charge in [-0.3, -0.25) is 4.57 Å². The summed E-state index contributed by atoms with van der Waals surface area (Å²) >= 11 is 1.43. The number of nitrogen functional groups attached to an aromatic ring is 1. The fraction of sp³-hybridized carbons (Fsp3) is 0.545. The SMILES string of the molecule is CO[C@@H]1[C@H](O)[C@@H](CO)S[C@H]1n1cnc2c(N)ncnc21. The normalized spacial score (nSPS) is 30.1. The number of aliphatic hydroxyl groups is 2. The van der Waals surface area contributed by atoms with Gasteiger partial charge in [-0.05, 0) is 0 Å². The number of aromatic nitrogens is 4. The molecule has 0 bridgehead atoms. The van der Waals surface area contributed by atoms with E-state index in [0.717, 1.165) is 0 Å². The van der Waals surface area contributed by atoms with Crippen LogP contribution in [0, 0.1) is 0 Å².